The molecule has 0 saturated carbocycles. The normalized spacial score (nSPS) is 12.3. The molecule has 0 aliphatic heterocycles. The van der Waals surface area contributed by atoms with Crippen LogP contribution in [-0.4, -0.2) is 16.2 Å². The van der Waals surface area contributed by atoms with Gasteiger partial charge in [0.2, 0.25) is 5.89 Å². The number of carbonyl (C=O) groups is 1. The Kier molecular flexibility index (Phi) is 5.88. The van der Waals surface area contributed by atoms with Gasteiger partial charge in [0.05, 0.1) is 0 Å². The van der Waals surface area contributed by atoms with E-state index >= 15 is 0 Å². The van der Waals surface area contributed by atoms with Crippen molar-refractivity contribution in [1.29, 1.82) is 0 Å². The Morgan fingerprint density at radius 2 is 1.81 bits per heavy atom. The van der Waals surface area contributed by atoms with Crippen LogP contribution in [0.3, 0.4) is 0 Å². The number of hydrogen-bond acceptors (Lipinski definition) is 5. The lowest BCUT2D eigenvalue weighted by Gasteiger charge is -2.07. The number of nitrogens with zero attached hydrogens (tertiary/aromatic N) is 2. The molecule has 0 aliphatic rings. The molecule has 5 nitrogen and oxygen atoms in total. The summed E-state index contributed by atoms with van der Waals surface area (Å²) in [4.78, 5) is 12.0. The monoisotopic (exact) mass is 406 g/mol. The van der Waals surface area contributed by atoms with Crippen LogP contribution in [0.4, 0.5) is 4.39 Å². The van der Waals surface area contributed by atoms with Crippen molar-refractivity contribution in [3.63, 3.8) is 0 Å². The third-order valence-corrected chi connectivity index (χ3v) is 4.22. The molecule has 0 saturated heterocycles. The van der Waals surface area contributed by atoms with Crippen LogP contribution >= 0.6 is 23.2 Å². The first-order chi connectivity index (χ1) is 12.9. The predicted molar refractivity (Wildman–Crippen MR) is 99.7 cm³/mol. The average Bonchev–Trinajstić information content (AvgIpc) is 3.12. The highest BCUT2D eigenvalue weighted by atomic mass is 35.5. The maximum atomic E-state index is 13.0. The predicted octanol–water partition coefficient (Wildman–Crippen LogP) is 5.50. The molecule has 0 N–H and O–H groups in total. The second-order valence-corrected chi connectivity index (χ2v) is 6.31. The minimum absolute atomic E-state index is 0.117. The molecule has 8 heteroatoms. The molecule has 0 unspecified atom stereocenters. The largest absolute Gasteiger partial charge is 0.449 e. The van der Waals surface area contributed by atoms with Crippen LogP contribution in [-0.2, 0) is 9.53 Å². The van der Waals surface area contributed by atoms with Crippen molar-refractivity contribution >= 4 is 35.2 Å². The Labute approximate surface area is 164 Å². The third-order valence-electron chi connectivity index (χ3n) is 3.56. The van der Waals surface area contributed by atoms with Gasteiger partial charge < -0.3 is 9.15 Å². The van der Waals surface area contributed by atoms with Gasteiger partial charge in [-0.05, 0) is 49.4 Å². The Balaban J connectivity index is 1.66. The maximum absolute atomic E-state index is 13.0. The first-order valence-corrected chi connectivity index (χ1v) is 8.61. The molecule has 2 aromatic carbocycles. The summed E-state index contributed by atoms with van der Waals surface area (Å²) >= 11 is 12.1. The summed E-state index contributed by atoms with van der Waals surface area (Å²) in [5.41, 5.74) is 1.07. The minimum Gasteiger partial charge on any atom is -0.449 e. The van der Waals surface area contributed by atoms with Crippen LogP contribution in [0.1, 0.15) is 24.5 Å². The standard InChI is InChI=1S/C19H13Cl2FN2O3/c1-11(18-23-24-19(27-18)12-5-7-13(22)8-6-12)26-17(25)10-9-14-15(20)3-2-4-16(14)21/h2-11H,1H3/b10-9+/t11-/m0/s1. The van der Waals surface area contributed by atoms with Crippen LogP contribution < -0.4 is 0 Å². The van der Waals surface area contributed by atoms with Crippen LogP contribution in [0.2, 0.25) is 10.0 Å². The highest BCUT2D eigenvalue weighted by Gasteiger charge is 2.18. The molecule has 27 heavy (non-hydrogen) atoms. The Bertz CT molecular complexity index is 967. The van der Waals surface area contributed by atoms with Gasteiger partial charge in [-0.2, -0.15) is 0 Å². The van der Waals surface area contributed by atoms with Crippen molar-refractivity contribution in [1.82, 2.24) is 10.2 Å². The highest BCUT2D eigenvalue weighted by Crippen LogP contribution is 2.26. The van der Waals surface area contributed by atoms with Gasteiger partial charge in [0.25, 0.3) is 5.89 Å². The third kappa shape index (κ3) is 4.72. The SMILES string of the molecule is C[C@H](OC(=O)/C=C/c1c(Cl)cccc1Cl)c1nnc(-c2ccc(F)cc2)o1. The zero-order valence-electron chi connectivity index (χ0n) is 14.0. The lowest BCUT2D eigenvalue weighted by molar-refractivity contribution is -0.143. The fourth-order valence-corrected chi connectivity index (χ4v) is 2.72. The fraction of sp³-hybridized carbons (Fsp3) is 0.105. The maximum Gasteiger partial charge on any atom is 0.331 e. The zero-order valence-corrected chi connectivity index (χ0v) is 15.5. The number of halogens is 3. The van der Waals surface area contributed by atoms with E-state index < -0.39 is 12.1 Å². The van der Waals surface area contributed by atoms with E-state index in [9.17, 15) is 9.18 Å². The van der Waals surface area contributed by atoms with Gasteiger partial charge in [0.1, 0.15) is 5.82 Å². The average molecular weight is 407 g/mol. The summed E-state index contributed by atoms with van der Waals surface area (Å²) in [6.45, 7) is 1.59. The fourth-order valence-electron chi connectivity index (χ4n) is 2.19. The molecule has 0 spiro atoms. The molecule has 1 heterocycles. The van der Waals surface area contributed by atoms with Gasteiger partial charge >= 0.3 is 5.97 Å². The van der Waals surface area contributed by atoms with Gasteiger partial charge in [-0.15, -0.1) is 10.2 Å². The van der Waals surface area contributed by atoms with Gasteiger partial charge in [-0.1, -0.05) is 29.3 Å². The van der Waals surface area contributed by atoms with Gasteiger partial charge in [0.15, 0.2) is 6.10 Å². The van der Waals surface area contributed by atoms with Crippen molar-refractivity contribution in [2.24, 2.45) is 0 Å². The van der Waals surface area contributed by atoms with Crippen molar-refractivity contribution in [3.05, 3.63) is 75.9 Å². The number of hydrogen-bond donors (Lipinski definition) is 0. The van der Waals surface area contributed by atoms with Crippen LogP contribution in [0.5, 0.6) is 0 Å². The van der Waals surface area contributed by atoms with E-state index in [0.717, 1.165) is 0 Å². The van der Waals surface area contributed by atoms with Gasteiger partial charge in [-0.3, -0.25) is 0 Å². The number of benzene rings is 2. The lowest BCUT2D eigenvalue weighted by atomic mass is 10.2. The molecule has 0 fully saturated rings. The quantitative estimate of drug-likeness (QED) is 0.413. The van der Waals surface area contributed by atoms with Crippen molar-refractivity contribution < 1.29 is 18.3 Å². The molecule has 3 aromatic rings. The van der Waals surface area contributed by atoms with E-state index in [1.54, 1.807) is 25.1 Å². The van der Waals surface area contributed by atoms with E-state index in [0.29, 0.717) is 21.2 Å². The topological polar surface area (TPSA) is 65.2 Å². The summed E-state index contributed by atoms with van der Waals surface area (Å²) in [6, 6.07) is 10.6. The number of esters is 1. The molecule has 0 bridgehead atoms. The van der Waals surface area contributed by atoms with E-state index in [4.69, 9.17) is 32.4 Å². The number of ether oxygens (including phenoxy) is 1. The van der Waals surface area contributed by atoms with Crippen LogP contribution in [0.25, 0.3) is 17.5 Å². The van der Waals surface area contributed by atoms with Crippen molar-refractivity contribution in [2.45, 2.75) is 13.0 Å². The van der Waals surface area contributed by atoms with Crippen molar-refractivity contribution in [2.75, 3.05) is 0 Å². The highest BCUT2D eigenvalue weighted by molar-refractivity contribution is 6.37. The Morgan fingerprint density at radius 3 is 2.48 bits per heavy atom. The van der Waals surface area contributed by atoms with Crippen molar-refractivity contribution in [3.8, 4) is 11.5 Å². The van der Waals surface area contributed by atoms with Gasteiger partial charge in [-0.25, -0.2) is 9.18 Å². The molecule has 0 aliphatic carbocycles. The number of rotatable bonds is 5. The van der Waals surface area contributed by atoms with E-state index in [-0.39, 0.29) is 17.6 Å². The first-order valence-electron chi connectivity index (χ1n) is 7.86. The Hall–Kier alpha value is -2.70. The molecule has 0 amide bonds. The van der Waals surface area contributed by atoms with Gasteiger partial charge in [0, 0.05) is 27.2 Å². The summed E-state index contributed by atoms with van der Waals surface area (Å²) in [7, 11) is 0. The first kappa shape index (κ1) is 19.1. The Morgan fingerprint density at radius 1 is 1.15 bits per heavy atom. The molecule has 1 atom stereocenters. The molecule has 0 radical (unpaired) electrons. The smallest absolute Gasteiger partial charge is 0.331 e. The molecule has 138 valence electrons. The van der Waals surface area contributed by atoms with Crippen LogP contribution in [0.15, 0.2) is 53.0 Å². The second-order valence-electron chi connectivity index (χ2n) is 5.50. The summed E-state index contributed by atoms with van der Waals surface area (Å²) in [6.07, 6.45) is 1.91. The number of carbonyl (C=O) groups excluding carboxylic acids is 1. The van der Waals surface area contributed by atoms with E-state index in [1.165, 1.54) is 36.4 Å². The second kappa shape index (κ2) is 8.33. The number of aromatic nitrogens is 2. The lowest BCUT2D eigenvalue weighted by Crippen LogP contribution is -2.06. The molecule has 1 aromatic heterocycles. The zero-order chi connectivity index (χ0) is 19.4. The summed E-state index contributed by atoms with van der Waals surface area (Å²) in [5, 5.41) is 8.57. The van der Waals surface area contributed by atoms with E-state index in [1.807, 2.05) is 0 Å². The van der Waals surface area contributed by atoms with Crippen LogP contribution in [0, 0.1) is 5.82 Å². The molecular formula is C19H13Cl2FN2O3. The summed E-state index contributed by atoms with van der Waals surface area (Å²) in [5.74, 6) is -0.677. The minimum atomic E-state index is -0.773. The van der Waals surface area contributed by atoms with E-state index in [2.05, 4.69) is 10.2 Å². The summed E-state index contributed by atoms with van der Waals surface area (Å²) < 4.78 is 23.7. The molecule has 3 rings (SSSR count). The molecular weight excluding hydrogens is 394 g/mol.